The molecular formula is C26H28F3N7O. The van der Waals surface area contributed by atoms with Gasteiger partial charge in [0.2, 0.25) is 0 Å². The maximum absolute atomic E-state index is 14.6. The van der Waals surface area contributed by atoms with Gasteiger partial charge in [0, 0.05) is 37.5 Å². The molecule has 3 aromatic rings. The Hall–Kier alpha value is -3.73. The van der Waals surface area contributed by atoms with E-state index in [1.807, 2.05) is 0 Å². The number of anilines is 1. The monoisotopic (exact) mass is 511 g/mol. The van der Waals surface area contributed by atoms with Crippen molar-refractivity contribution in [3.63, 3.8) is 0 Å². The number of hydrogen-bond donors (Lipinski definition) is 1. The summed E-state index contributed by atoms with van der Waals surface area (Å²) >= 11 is 0. The molecule has 2 aliphatic rings. The molecule has 0 amide bonds. The lowest BCUT2D eigenvalue weighted by molar-refractivity contribution is 0.355. The van der Waals surface area contributed by atoms with E-state index >= 15 is 0 Å². The number of benzene rings is 1. The minimum atomic E-state index is -1.25. The third-order valence-corrected chi connectivity index (χ3v) is 7.05. The van der Waals surface area contributed by atoms with Gasteiger partial charge in [0.15, 0.2) is 5.84 Å². The van der Waals surface area contributed by atoms with Gasteiger partial charge < -0.3 is 10.2 Å². The highest BCUT2D eigenvalue weighted by Gasteiger charge is 2.36. The molecule has 2 fully saturated rings. The Morgan fingerprint density at radius 3 is 2.68 bits per heavy atom. The van der Waals surface area contributed by atoms with Gasteiger partial charge in [-0.2, -0.15) is 0 Å². The second kappa shape index (κ2) is 10.3. The summed E-state index contributed by atoms with van der Waals surface area (Å²) in [6, 6.07) is 5.77. The fourth-order valence-electron chi connectivity index (χ4n) is 5.24. The van der Waals surface area contributed by atoms with Crippen molar-refractivity contribution < 1.29 is 13.2 Å². The summed E-state index contributed by atoms with van der Waals surface area (Å²) in [5, 5.41) is 3.29. The van der Waals surface area contributed by atoms with Crippen LogP contribution in [0.2, 0.25) is 0 Å². The lowest BCUT2D eigenvalue weighted by Gasteiger charge is -2.27. The molecule has 0 radical (unpaired) electrons. The molecule has 2 saturated heterocycles. The molecule has 0 saturated carbocycles. The zero-order valence-electron chi connectivity index (χ0n) is 20.4. The second-order valence-corrected chi connectivity index (χ2v) is 9.25. The summed E-state index contributed by atoms with van der Waals surface area (Å²) in [5.41, 5.74) is 0.477. The molecule has 0 bridgehead atoms. The van der Waals surface area contributed by atoms with Crippen LogP contribution in [0.5, 0.6) is 0 Å². The number of halogens is 3. The van der Waals surface area contributed by atoms with E-state index in [1.54, 1.807) is 41.0 Å². The van der Waals surface area contributed by atoms with Crippen molar-refractivity contribution in [2.45, 2.75) is 37.5 Å². The quantitative estimate of drug-likeness (QED) is 0.418. The molecular weight excluding hydrogens is 483 g/mol. The summed E-state index contributed by atoms with van der Waals surface area (Å²) in [7, 11) is 1.54. The van der Waals surface area contributed by atoms with Crippen LogP contribution < -0.4 is 15.9 Å². The number of piperidine rings is 1. The Morgan fingerprint density at radius 1 is 1.16 bits per heavy atom. The van der Waals surface area contributed by atoms with Gasteiger partial charge in [-0.05, 0) is 63.0 Å². The highest BCUT2D eigenvalue weighted by molar-refractivity contribution is 6.03. The third kappa shape index (κ3) is 4.71. The first kappa shape index (κ1) is 24.9. The van der Waals surface area contributed by atoms with Crippen molar-refractivity contribution in [2.24, 2.45) is 9.98 Å². The summed E-state index contributed by atoms with van der Waals surface area (Å²) in [5.74, 6) is -0.622. The van der Waals surface area contributed by atoms with Gasteiger partial charge in [-0.1, -0.05) is 0 Å². The van der Waals surface area contributed by atoms with Gasteiger partial charge in [-0.15, -0.1) is 0 Å². The molecule has 1 aromatic carbocycles. The molecule has 2 aliphatic heterocycles. The Bertz CT molecular complexity index is 1390. The van der Waals surface area contributed by atoms with Gasteiger partial charge in [0.25, 0.3) is 0 Å². The van der Waals surface area contributed by atoms with Gasteiger partial charge in [-0.25, -0.2) is 27.5 Å². The molecule has 8 nitrogen and oxygen atoms in total. The first-order valence-electron chi connectivity index (χ1n) is 12.2. The molecule has 2 aromatic heterocycles. The van der Waals surface area contributed by atoms with E-state index < -0.39 is 23.8 Å². The molecule has 37 heavy (non-hydrogen) atoms. The molecule has 194 valence electrons. The zero-order chi connectivity index (χ0) is 26.1. The number of imidazole rings is 1. The van der Waals surface area contributed by atoms with Crippen molar-refractivity contribution in [1.29, 1.82) is 0 Å². The van der Waals surface area contributed by atoms with Crippen molar-refractivity contribution in [3.8, 4) is 0 Å². The van der Waals surface area contributed by atoms with Gasteiger partial charge in [0.1, 0.15) is 29.3 Å². The van der Waals surface area contributed by atoms with E-state index in [1.165, 1.54) is 4.57 Å². The van der Waals surface area contributed by atoms with Crippen molar-refractivity contribution in [2.75, 3.05) is 31.6 Å². The number of pyridine rings is 1. The van der Waals surface area contributed by atoms with Crippen LogP contribution in [0.15, 0.2) is 57.5 Å². The first-order chi connectivity index (χ1) is 17.9. The van der Waals surface area contributed by atoms with Gasteiger partial charge >= 0.3 is 5.69 Å². The summed E-state index contributed by atoms with van der Waals surface area (Å²) in [4.78, 5) is 28.0. The van der Waals surface area contributed by atoms with Crippen LogP contribution >= 0.6 is 0 Å². The minimum absolute atomic E-state index is 0.00781. The van der Waals surface area contributed by atoms with Crippen LogP contribution in [0, 0.1) is 11.6 Å². The first-order valence-corrected chi connectivity index (χ1v) is 12.2. The molecule has 11 heteroatoms. The van der Waals surface area contributed by atoms with Crippen LogP contribution in [-0.4, -0.2) is 59.5 Å². The number of aliphatic imine (C=N–C) groups is 2. The number of nitrogens with zero attached hydrogens (tertiary/aromatic N) is 6. The SMILES string of the molecule is C=Nc1ccc(N2C[C@@H](F)C[C@@H]2c2cc(F)ccc2F)nc1C(=NC)n1ccn(C2CCNCC2)c1=O. The highest BCUT2D eigenvalue weighted by Crippen LogP contribution is 2.39. The van der Waals surface area contributed by atoms with Crippen molar-refractivity contribution in [3.05, 3.63) is 76.1 Å². The molecule has 0 aliphatic carbocycles. The molecule has 0 spiro atoms. The van der Waals surface area contributed by atoms with Crippen LogP contribution in [0.4, 0.5) is 24.7 Å². The van der Waals surface area contributed by atoms with E-state index in [9.17, 15) is 18.0 Å². The smallest absolute Gasteiger partial charge is 0.334 e. The van der Waals surface area contributed by atoms with Crippen LogP contribution in [0.1, 0.15) is 42.6 Å². The van der Waals surface area contributed by atoms with E-state index in [0.29, 0.717) is 11.5 Å². The maximum Gasteiger partial charge on any atom is 0.334 e. The van der Waals surface area contributed by atoms with Crippen molar-refractivity contribution in [1.82, 2.24) is 19.4 Å². The minimum Gasteiger partial charge on any atom is -0.346 e. The van der Waals surface area contributed by atoms with Gasteiger partial charge in [0.05, 0.1) is 18.3 Å². The predicted molar refractivity (Wildman–Crippen MR) is 137 cm³/mol. The zero-order valence-corrected chi connectivity index (χ0v) is 20.4. The Kier molecular flexibility index (Phi) is 6.96. The average molecular weight is 512 g/mol. The highest BCUT2D eigenvalue weighted by atomic mass is 19.1. The van der Waals surface area contributed by atoms with E-state index in [-0.39, 0.29) is 41.8 Å². The standard InChI is InChI=1S/C26H28F3N7O/c1-30-21-5-6-23(36-15-17(28)14-22(36)19-13-16(27)3-4-20(19)29)33-24(21)25(31-2)35-12-11-34(26(35)37)18-7-9-32-10-8-18/h3-6,11-13,17-18,22,32H,1,7-10,14-15H2,2H3/t17-,22+/m0/s1. The summed E-state index contributed by atoms with van der Waals surface area (Å²) in [6.45, 7) is 5.25. The summed E-state index contributed by atoms with van der Waals surface area (Å²) in [6.07, 6.45) is 3.81. The molecule has 0 unspecified atom stereocenters. The number of hydrogen-bond acceptors (Lipinski definition) is 6. The normalized spacial score (nSPS) is 21.0. The topological polar surface area (TPSA) is 79.8 Å². The average Bonchev–Trinajstić information content (AvgIpc) is 3.49. The van der Waals surface area contributed by atoms with Crippen LogP contribution in [0.3, 0.4) is 0 Å². The number of alkyl halides is 1. The van der Waals surface area contributed by atoms with E-state index in [2.05, 4.69) is 22.0 Å². The lowest BCUT2D eigenvalue weighted by atomic mass is 10.0. The largest absolute Gasteiger partial charge is 0.346 e. The summed E-state index contributed by atoms with van der Waals surface area (Å²) < 4.78 is 46.3. The fourth-order valence-corrected chi connectivity index (χ4v) is 5.24. The molecule has 2 atom stereocenters. The Morgan fingerprint density at radius 2 is 1.95 bits per heavy atom. The van der Waals surface area contributed by atoms with Crippen LogP contribution in [-0.2, 0) is 0 Å². The molecule has 5 rings (SSSR count). The number of rotatable bonds is 5. The van der Waals surface area contributed by atoms with Gasteiger partial charge in [-0.3, -0.25) is 14.6 Å². The van der Waals surface area contributed by atoms with Crippen molar-refractivity contribution >= 4 is 24.1 Å². The number of aromatic nitrogens is 3. The Labute approximate surface area is 212 Å². The number of nitrogens with one attached hydrogen (secondary N) is 1. The Balaban J connectivity index is 1.55. The molecule has 4 heterocycles. The fraction of sp³-hybridized carbons (Fsp3) is 0.385. The predicted octanol–water partition coefficient (Wildman–Crippen LogP) is 3.79. The lowest BCUT2D eigenvalue weighted by Crippen LogP contribution is -2.36. The van der Waals surface area contributed by atoms with Crippen LogP contribution in [0.25, 0.3) is 0 Å². The third-order valence-electron chi connectivity index (χ3n) is 7.05. The molecule has 1 N–H and O–H groups in total. The maximum atomic E-state index is 14.6. The van der Waals surface area contributed by atoms with E-state index in [4.69, 9.17) is 4.98 Å². The van der Waals surface area contributed by atoms with E-state index in [0.717, 1.165) is 44.1 Å². The second-order valence-electron chi connectivity index (χ2n) is 9.25.